The van der Waals surface area contributed by atoms with Crippen LogP contribution in [-0.4, -0.2) is 40.3 Å². The molecule has 9 atom stereocenters. The molecule has 0 radical (unpaired) electrons. The highest BCUT2D eigenvalue weighted by atomic mass is 16.5. The number of Topliss-reactive ketones (excluding diaryl/α,β-unsaturated/α-hetero) is 1. The van der Waals surface area contributed by atoms with Gasteiger partial charge in [0.05, 0.1) is 12.2 Å². The molecule has 0 saturated heterocycles. The number of carbonyl (C=O) groups is 2. The number of hydrogen-bond donors (Lipinski definition) is 2. The number of ketones is 1. The second-order valence-electron chi connectivity index (χ2n) is 13.9. The predicted octanol–water partition coefficient (Wildman–Crippen LogP) is 5.14. The normalized spacial score (nSPS) is 47.6. The molecule has 35 heavy (non-hydrogen) atoms. The van der Waals surface area contributed by atoms with Crippen LogP contribution in [0.2, 0.25) is 0 Å². The van der Waals surface area contributed by atoms with Gasteiger partial charge >= 0.3 is 5.97 Å². The molecular weight excluding hydrogens is 440 g/mol. The van der Waals surface area contributed by atoms with Gasteiger partial charge in [-0.05, 0) is 91.1 Å². The maximum absolute atomic E-state index is 14.0. The molecule has 1 heterocycles. The van der Waals surface area contributed by atoms with E-state index in [1.807, 2.05) is 6.08 Å². The van der Waals surface area contributed by atoms with Gasteiger partial charge < -0.3 is 14.9 Å². The molecule has 0 amide bonds. The second-order valence-corrected chi connectivity index (χ2v) is 13.9. The number of aliphatic hydroxyl groups excluding tert-OH is 2. The van der Waals surface area contributed by atoms with E-state index in [1.165, 1.54) is 0 Å². The van der Waals surface area contributed by atoms with Crippen LogP contribution in [0, 0.1) is 39.4 Å². The van der Waals surface area contributed by atoms with Crippen LogP contribution in [-0.2, 0) is 14.3 Å². The number of rotatable bonds is 3. The summed E-state index contributed by atoms with van der Waals surface area (Å²) in [5.74, 6) is 0.655. The fraction of sp³-hybridized carbons (Fsp3) is 0.800. The van der Waals surface area contributed by atoms with Crippen LogP contribution in [0.5, 0.6) is 0 Å². The van der Waals surface area contributed by atoms with Crippen LogP contribution in [0.3, 0.4) is 0 Å². The summed E-state index contributed by atoms with van der Waals surface area (Å²) in [6.07, 6.45) is 6.09. The Balaban J connectivity index is 1.52. The minimum atomic E-state index is -0.634. The van der Waals surface area contributed by atoms with Crippen molar-refractivity contribution in [1.29, 1.82) is 0 Å². The molecule has 0 aromatic rings. The third-order valence-corrected chi connectivity index (χ3v) is 11.9. The molecule has 5 nitrogen and oxygen atoms in total. The van der Waals surface area contributed by atoms with Gasteiger partial charge in [-0.2, -0.15) is 0 Å². The molecule has 0 aromatic heterocycles. The number of aliphatic hydroxyl groups is 2. The van der Waals surface area contributed by atoms with Gasteiger partial charge in [-0.25, -0.2) is 4.79 Å². The number of hydrogen-bond acceptors (Lipinski definition) is 5. The fourth-order valence-corrected chi connectivity index (χ4v) is 9.64. The van der Waals surface area contributed by atoms with Crippen molar-refractivity contribution in [1.82, 2.24) is 0 Å². The van der Waals surface area contributed by atoms with Crippen molar-refractivity contribution in [3.05, 3.63) is 22.8 Å². The van der Waals surface area contributed by atoms with Crippen LogP contribution in [0.4, 0.5) is 0 Å². The van der Waals surface area contributed by atoms with E-state index >= 15 is 0 Å². The lowest BCUT2D eigenvalue weighted by Crippen LogP contribution is -2.59. The first kappa shape index (κ1) is 25.2. The molecule has 1 aliphatic heterocycles. The summed E-state index contributed by atoms with van der Waals surface area (Å²) in [6, 6.07) is 0. The lowest BCUT2D eigenvalue weighted by Gasteiger charge is -2.62. The lowest BCUT2D eigenvalue weighted by molar-refractivity contribution is -0.141. The van der Waals surface area contributed by atoms with Crippen molar-refractivity contribution in [2.24, 2.45) is 39.4 Å². The van der Waals surface area contributed by atoms with E-state index in [4.69, 9.17) is 4.74 Å². The highest BCUT2D eigenvalue weighted by molar-refractivity contribution is 6.00. The Kier molecular flexibility index (Phi) is 5.60. The maximum Gasteiger partial charge on any atom is 0.334 e. The molecule has 2 N–H and O–H groups in total. The van der Waals surface area contributed by atoms with Gasteiger partial charge in [0.15, 0.2) is 5.78 Å². The molecule has 0 aromatic carbocycles. The number of ether oxygens (including phenoxy) is 1. The zero-order valence-electron chi connectivity index (χ0n) is 22.6. The molecule has 5 heteroatoms. The van der Waals surface area contributed by atoms with Gasteiger partial charge in [-0.1, -0.05) is 41.5 Å². The first-order chi connectivity index (χ1) is 16.2. The maximum atomic E-state index is 14.0. The van der Waals surface area contributed by atoms with Crippen molar-refractivity contribution < 1.29 is 24.5 Å². The Morgan fingerprint density at radius 3 is 2.40 bits per heavy atom. The smallest absolute Gasteiger partial charge is 0.334 e. The number of allylic oxidation sites excluding steroid dienone is 1. The molecule has 194 valence electrons. The van der Waals surface area contributed by atoms with E-state index in [0.717, 1.165) is 36.8 Å². The highest BCUT2D eigenvalue weighted by Gasteiger charge is 2.67. The Bertz CT molecular complexity index is 1020. The minimum absolute atomic E-state index is 0.0378. The molecule has 2 saturated carbocycles. The van der Waals surface area contributed by atoms with Gasteiger partial charge in [0.2, 0.25) is 0 Å². The number of fused-ring (bicyclic) bond motifs is 4. The van der Waals surface area contributed by atoms with E-state index in [0.29, 0.717) is 36.7 Å². The minimum Gasteiger partial charge on any atom is -0.455 e. The average molecular weight is 485 g/mol. The van der Waals surface area contributed by atoms with E-state index in [9.17, 15) is 19.8 Å². The summed E-state index contributed by atoms with van der Waals surface area (Å²) in [4.78, 5) is 25.9. The molecule has 5 aliphatic rings. The largest absolute Gasteiger partial charge is 0.455 e. The quantitative estimate of drug-likeness (QED) is 0.542. The van der Waals surface area contributed by atoms with Crippen LogP contribution >= 0.6 is 0 Å². The molecule has 2 fully saturated rings. The molecule has 5 rings (SSSR count). The van der Waals surface area contributed by atoms with Gasteiger partial charge in [0.25, 0.3) is 0 Å². The summed E-state index contributed by atoms with van der Waals surface area (Å²) < 4.78 is 5.56. The monoisotopic (exact) mass is 484 g/mol. The van der Waals surface area contributed by atoms with Gasteiger partial charge in [0.1, 0.15) is 6.10 Å². The summed E-state index contributed by atoms with van der Waals surface area (Å²) >= 11 is 0. The van der Waals surface area contributed by atoms with Gasteiger partial charge in [-0.3, -0.25) is 4.79 Å². The number of carbonyl (C=O) groups excluding carboxylic acids is 2. The highest BCUT2D eigenvalue weighted by Crippen LogP contribution is 2.71. The third-order valence-electron chi connectivity index (χ3n) is 11.9. The standard InChI is InChI=1S/C30H44O5/c1-16(12-18-13-17(2)26(34)35-18)19-8-11-29(6)25-20(31)14-22-27(3,4)23(33)9-10-28(22,5)24(25)21(32)15-30(19,29)7/h13,16,18-19,21-23,32-33H,8-12,14-15H2,1-7H3/t16-,18-,19-,21-,22+,23-,28+,29+,30-/m1/s1. The molecule has 4 aliphatic carbocycles. The van der Waals surface area contributed by atoms with Crippen molar-refractivity contribution in [3.63, 3.8) is 0 Å². The molecule has 0 spiro atoms. The van der Waals surface area contributed by atoms with E-state index in [1.54, 1.807) is 6.92 Å². The average Bonchev–Trinajstić information content (AvgIpc) is 3.21. The van der Waals surface area contributed by atoms with Crippen molar-refractivity contribution in [3.8, 4) is 0 Å². The number of esters is 1. The zero-order valence-corrected chi connectivity index (χ0v) is 22.6. The van der Waals surface area contributed by atoms with Gasteiger partial charge in [0, 0.05) is 23.0 Å². The first-order valence-corrected chi connectivity index (χ1v) is 13.7. The van der Waals surface area contributed by atoms with E-state index in [-0.39, 0.29) is 45.4 Å². The van der Waals surface area contributed by atoms with Crippen LogP contribution < -0.4 is 0 Å². The van der Waals surface area contributed by atoms with Gasteiger partial charge in [-0.15, -0.1) is 0 Å². The molecule has 0 bridgehead atoms. The summed E-state index contributed by atoms with van der Waals surface area (Å²) in [5.41, 5.74) is 1.50. The van der Waals surface area contributed by atoms with Crippen molar-refractivity contribution in [2.45, 2.75) is 112 Å². The Morgan fingerprint density at radius 1 is 1.09 bits per heavy atom. The van der Waals surface area contributed by atoms with Crippen LogP contribution in [0.25, 0.3) is 0 Å². The van der Waals surface area contributed by atoms with E-state index in [2.05, 4.69) is 41.5 Å². The van der Waals surface area contributed by atoms with Crippen molar-refractivity contribution in [2.75, 3.05) is 0 Å². The Morgan fingerprint density at radius 2 is 1.77 bits per heavy atom. The van der Waals surface area contributed by atoms with Crippen LogP contribution in [0.1, 0.15) is 93.4 Å². The predicted molar refractivity (Wildman–Crippen MR) is 134 cm³/mol. The van der Waals surface area contributed by atoms with E-state index < -0.39 is 12.2 Å². The topological polar surface area (TPSA) is 83.8 Å². The van der Waals surface area contributed by atoms with Crippen LogP contribution in [0.15, 0.2) is 22.8 Å². The molecular formula is C30H44O5. The third kappa shape index (κ3) is 3.26. The summed E-state index contributed by atoms with van der Waals surface area (Å²) in [7, 11) is 0. The Labute approximate surface area is 210 Å². The number of cyclic esters (lactones) is 1. The summed E-state index contributed by atoms with van der Waals surface area (Å²) in [6.45, 7) is 15.1. The lowest BCUT2D eigenvalue weighted by atomic mass is 9.42. The summed E-state index contributed by atoms with van der Waals surface area (Å²) in [5, 5.41) is 22.6. The SMILES string of the molecule is CC1=C[C@@H](C[C@@H](C)[C@H]2CC[C@@]3(C)C4=C([C@H](O)C[C@]23C)[C@@]2(C)CC[C@@H](O)C(C)(C)[C@@H]2CC4=O)OC1=O. The fourth-order valence-electron chi connectivity index (χ4n) is 9.64. The zero-order chi connectivity index (χ0) is 25.7. The van der Waals surface area contributed by atoms with Crippen molar-refractivity contribution >= 4 is 11.8 Å². The molecule has 0 unspecified atom stereocenters. The second kappa shape index (κ2) is 7.77. The Hall–Kier alpha value is -1.46. The first-order valence-electron chi connectivity index (χ1n) is 13.7.